The Morgan fingerprint density at radius 1 is 1.05 bits per heavy atom. The number of thioether (sulfide) groups is 1. The van der Waals surface area contributed by atoms with Crippen LogP contribution in [0.4, 0.5) is 0 Å². The smallest absolute Gasteiger partial charge is 0.250 e. The number of halogens is 1. The summed E-state index contributed by atoms with van der Waals surface area (Å²) >= 11 is 4.76. The molecule has 38 heavy (non-hydrogen) atoms. The van der Waals surface area contributed by atoms with Crippen LogP contribution in [0.3, 0.4) is 0 Å². The van der Waals surface area contributed by atoms with Crippen molar-refractivity contribution in [3.8, 4) is 22.8 Å². The van der Waals surface area contributed by atoms with Crippen LogP contribution in [0.5, 0.6) is 5.75 Å². The van der Waals surface area contributed by atoms with E-state index in [-0.39, 0.29) is 17.1 Å². The number of nitrogens with zero attached hydrogens (tertiary/aromatic N) is 4. The van der Waals surface area contributed by atoms with Crippen LogP contribution < -0.4 is 10.2 Å². The fraction of sp³-hybridized carbons (Fsp3) is 0.241. The molecule has 196 valence electrons. The van der Waals surface area contributed by atoms with E-state index in [1.165, 1.54) is 17.3 Å². The number of aromatic nitrogens is 3. The number of carbonyl (C=O) groups excluding carboxylic acids is 1. The summed E-state index contributed by atoms with van der Waals surface area (Å²) in [5.74, 6) is 1.35. The SMILES string of the molecule is COc1ccc(-n2c(SCC(=O)N/N=C(/C)c3cccc(Br)c3)nnc2-c2ccc(C(C)(C)C)cc2)cc1. The molecule has 0 spiro atoms. The summed E-state index contributed by atoms with van der Waals surface area (Å²) in [6.07, 6.45) is 0. The van der Waals surface area contributed by atoms with Crippen molar-refractivity contribution in [1.82, 2.24) is 20.2 Å². The van der Waals surface area contributed by atoms with Crippen molar-refractivity contribution in [3.05, 3.63) is 88.4 Å². The summed E-state index contributed by atoms with van der Waals surface area (Å²) < 4.78 is 8.24. The lowest BCUT2D eigenvalue weighted by Crippen LogP contribution is -2.21. The number of hydrogen-bond acceptors (Lipinski definition) is 6. The van der Waals surface area contributed by atoms with Crippen LogP contribution in [-0.2, 0) is 10.2 Å². The normalized spacial score (nSPS) is 11.9. The summed E-state index contributed by atoms with van der Waals surface area (Å²) in [7, 11) is 1.64. The molecule has 0 bridgehead atoms. The molecule has 0 unspecified atom stereocenters. The zero-order valence-corrected chi connectivity index (χ0v) is 24.4. The highest BCUT2D eigenvalue weighted by atomic mass is 79.9. The fourth-order valence-corrected chi connectivity index (χ4v) is 4.86. The number of methoxy groups -OCH3 is 1. The lowest BCUT2D eigenvalue weighted by Gasteiger charge is -2.19. The molecule has 7 nitrogen and oxygen atoms in total. The third-order valence-electron chi connectivity index (χ3n) is 5.90. The van der Waals surface area contributed by atoms with Crippen LogP contribution in [0, 0.1) is 0 Å². The van der Waals surface area contributed by atoms with E-state index in [0.717, 1.165) is 27.0 Å². The van der Waals surface area contributed by atoms with E-state index in [1.807, 2.05) is 60.0 Å². The quantitative estimate of drug-likeness (QED) is 0.141. The molecular formula is C29H30BrN5O2S. The lowest BCUT2D eigenvalue weighted by molar-refractivity contribution is -0.118. The van der Waals surface area contributed by atoms with E-state index < -0.39 is 0 Å². The second kappa shape index (κ2) is 12.0. The molecule has 0 aliphatic heterocycles. The number of benzene rings is 3. The zero-order chi connectivity index (χ0) is 27.3. The maximum Gasteiger partial charge on any atom is 0.250 e. The molecule has 0 saturated heterocycles. The van der Waals surface area contributed by atoms with E-state index in [1.54, 1.807) is 7.11 Å². The fourth-order valence-electron chi connectivity index (χ4n) is 3.72. The van der Waals surface area contributed by atoms with Crippen LogP contribution in [0.25, 0.3) is 17.1 Å². The highest BCUT2D eigenvalue weighted by Crippen LogP contribution is 2.30. The average Bonchev–Trinajstić information content (AvgIpc) is 3.34. The second-order valence-corrected chi connectivity index (χ2v) is 11.6. The maximum absolute atomic E-state index is 12.6. The van der Waals surface area contributed by atoms with Crippen LogP contribution >= 0.6 is 27.7 Å². The third-order valence-corrected chi connectivity index (χ3v) is 7.32. The largest absolute Gasteiger partial charge is 0.497 e. The Morgan fingerprint density at radius 2 is 1.76 bits per heavy atom. The van der Waals surface area contributed by atoms with Gasteiger partial charge in [-0.05, 0) is 59.9 Å². The molecule has 0 aliphatic rings. The Labute approximate surface area is 235 Å². The minimum absolute atomic E-state index is 0.0500. The van der Waals surface area contributed by atoms with Crippen molar-refractivity contribution in [2.24, 2.45) is 5.10 Å². The molecule has 0 fully saturated rings. The molecule has 0 atom stereocenters. The minimum atomic E-state index is -0.232. The van der Waals surface area contributed by atoms with Crippen molar-refractivity contribution < 1.29 is 9.53 Å². The third kappa shape index (κ3) is 6.71. The zero-order valence-electron chi connectivity index (χ0n) is 22.0. The van der Waals surface area contributed by atoms with Gasteiger partial charge in [0.05, 0.1) is 18.6 Å². The van der Waals surface area contributed by atoms with Gasteiger partial charge in [-0.15, -0.1) is 10.2 Å². The van der Waals surface area contributed by atoms with Gasteiger partial charge >= 0.3 is 0 Å². The Kier molecular flexibility index (Phi) is 8.69. The number of carbonyl (C=O) groups is 1. The van der Waals surface area contributed by atoms with Crippen molar-refractivity contribution >= 4 is 39.3 Å². The van der Waals surface area contributed by atoms with Gasteiger partial charge in [0, 0.05) is 15.7 Å². The van der Waals surface area contributed by atoms with E-state index >= 15 is 0 Å². The Morgan fingerprint density at radius 3 is 2.39 bits per heavy atom. The second-order valence-electron chi connectivity index (χ2n) is 9.70. The first-order valence-corrected chi connectivity index (χ1v) is 13.9. The number of hydrazone groups is 1. The number of rotatable bonds is 8. The monoisotopic (exact) mass is 591 g/mol. The van der Waals surface area contributed by atoms with E-state index in [9.17, 15) is 4.79 Å². The first-order valence-electron chi connectivity index (χ1n) is 12.1. The van der Waals surface area contributed by atoms with Crippen LogP contribution in [0.2, 0.25) is 0 Å². The van der Waals surface area contributed by atoms with Crippen molar-refractivity contribution in [2.45, 2.75) is 38.3 Å². The van der Waals surface area contributed by atoms with Gasteiger partial charge in [0.15, 0.2) is 11.0 Å². The van der Waals surface area contributed by atoms with Gasteiger partial charge in [0.25, 0.3) is 5.91 Å². The van der Waals surface area contributed by atoms with Crippen LogP contribution in [0.15, 0.2) is 87.5 Å². The first-order chi connectivity index (χ1) is 18.2. The predicted molar refractivity (Wildman–Crippen MR) is 157 cm³/mol. The Hall–Kier alpha value is -3.43. The Bertz CT molecular complexity index is 1440. The molecule has 1 N–H and O–H groups in total. The standard InChI is InChI=1S/C29H30BrN5O2S/c1-19(21-7-6-8-23(30)17-21)31-32-26(36)18-38-28-34-33-27(20-9-11-22(12-10-20)29(2,3)4)35(28)24-13-15-25(37-5)16-14-24/h6-17H,18H2,1-5H3,(H,32,36)/b31-19-. The molecule has 0 saturated carbocycles. The number of amides is 1. The maximum atomic E-state index is 12.6. The lowest BCUT2D eigenvalue weighted by atomic mass is 9.87. The molecule has 1 aromatic heterocycles. The van der Waals surface area contributed by atoms with E-state index in [0.29, 0.717) is 16.7 Å². The number of hydrogen-bond donors (Lipinski definition) is 1. The van der Waals surface area contributed by atoms with Gasteiger partial charge in [-0.1, -0.05) is 84.9 Å². The average molecular weight is 593 g/mol. The predicted octanol–water partition coefficient (Wildman–Crippen LogP) is 6.64. The highest BCUT2D eigenvalue weighted by Gasteiger charge is 2.19. The van der Waals surface area contributed by atoms with Crippen molar-refractivity contribution in [2.75, 3.05) is 12.9 Å². The van der Waals surface area contributed by atoms with Gasteiger partial charge in [0.1, 0.15) is 5.75 Å². The Balaban J connectivity index is 1.57. The summed E-state index contributed by atoms with van der Waals surface area (Å²) in [4.78, 5) is 12.6. The topological polar surface area (TPSA) is 81.4 Å². The first kappa shape index (κ1) is 27.6. The van der Waals surface area contributed by atoms with Gasteiger partial charge in [-0.2, -0.15) is 5.10 Å². The molecule has 4 aromatic rings. The summed E-state index contributed by atoms with van der Waals surface area (Å²) in [5.41, 5.74) is 7.38. The van der Waals surface area contributed by atoms with Crippen LogP contribution in [-0.4, -0.2) is 39.2 Å². The molecule has 3 aromatic carbocycles. The number of nitrogens with one attached hydrogen (secondary N) is 1. The highest BCUT2D eigenvalue weighted by molar-refractivity contribution is 9.10. The minimum Gasteiger partial charge on any atom is -0.497 e. The molecule has 4 rings (SSSR count). The molecule has 9 heteroatoms. The van der Waals surface area contributed by atoms with Gasteiger partial charge < -0.3 is 4.74 Å². The molecule has 1 heterocycles. The van der Waals surface area contributed by atoms with Gasteiger partial charge in [0.2, 0.25) is 0 Å². The van der Waals surface area contributed by atoms with Crippen LogP contribution in [0.1, 0.15) is 38.8 Å². The van der Waals surface area contributed by atoms with E-state index in [4.69, 9.17) is 4.74 Å². The molecular weight excluding hydrogens is 562 g/mol. The van der Waals surface area contributed by atoms with Crippen molar-refractivity contribution in [3.63, 3.8) is 0 Å². The summed E-state index contributed by atoms with van der Waals surface area (Å²) in [6, 6.07) is 23.8. The van der Waals surface area contributed by atoms with Gasteiger partial charge in [-0.25, -0.2) is 5.43 Å². The molecule has 1 amide bonds. The number of ether oxygens (including phenoxy) is 1. The molecule has 0 aliphatic carbocycles. The summed E-state index contributed by atoms with van der Waals surface area (Å²) in [6.45, 7) is 8.41. The van der Waals surface area contributed by atoms with Crippen molar-refractivity contribution in [1.29, 1.82) is 0 Å². The summed E-state index contributed by atoms with van der Waals surface area (Å²) in [5, 5.41) is 13.8. The molecule has 0 radical (unpaired) electrons. The van der Waals surface area contributed by atoms with E-state index in [2.05, 4.69) is 81.7 Å². The van der Waals surface area contributed by atoms with Gasteiger partial charge in [-0.3, -0.25) is 9.36 Å².